The second kappa shape index (κ2) is 8.18. The molecule has 0 bridgehead atoms. The first kappa shape index (κ1) is 18.9. The molecule has 0 aliphatic heterocycles. The molecule has 0 radical (unpaired) electrons. The van der Waals surface area contributed by atoms with Gasteiger partial charge in [0.1, 0.15) is 0 Å². The van der Waals surface area contributed by atoms with Crippen LogP contribution < -0.4 is 5.32 Å². The van der Waals surface area contributed by atoms with E-state index in [4.69, 9.17) is 11.6 Å². The van der Waals surface area contributed by atoms with Gasteiger partial charge in [-0.3, -0.25) is 14.6 Å². The van der Waals surface area contributed by atoms with Crippen LogP contribution in [0.4, 0.5) is 5.69 Å². The Balaban J connectivity index is 1.79. The van der Waals surface area contributed by atoms with Gasteiger partial charge in [-0.1, -0.05) is 17.7 Å². The summed E-state index contributed by atoms with van der Waals surface area (Å²) in [5.74, 6) is -0.371. The highest BCUT2D eigenvalue weighted by Gasteiger charge is 2.16. The van der Waals surface area contributed by atoms with Gasteiger partial charge in [0.2, 0.25) is 0 Å². The van der Waals surface area contributed by atoms with Gasteiger partial charge in [0.15, 0.2) is 0 Å². The number of pyridine rings is 1. The number of aromatic nitrogens is 1. The minimum atomic E-state index is -0.250. The fraction of sp³-hybridized carbons (Fsp3) is 0.190. The summed E-state index contributed by atoms with van der Waals surface area (Å²) in [7, 11) is 0. The Morgan fingerprint density at radius 3 is 2.56 bits per heavy atom. The number of anilines is 1. The summed E-state index contributed by atoms with van der Waals surface area (Å²) in [6.07, 6.45) is 1.71. The predicted octanol–water partition coefficient (Wildman–Crippen LogP) is 4.62. The third kappa shape index (κ3) is 4.09. The second-order valence-electron chi connectivity index (χ2n) is 6.04. The molecule has 0 spiro atoms. The highest BCUT2D eigenvalue weighted by Crippen LogP contribution is 2.23. The van der Waals surface area contributed by atoms with E-state index < -0.39 is 0 Å². The van der Waals surface area contributed by atoms with Crippen molar-refractivity contribution in [2.24, 2.45) is 0 Å². The predicted molar refractivity (Wildman–Crippen MR) is 108 cm³/mol. The molecule has 3 aromatic rings. The van der Waals surface area contributed by atoms with E-state index in [0.717, 1.165) is 10.9 Å². The quantitative estimate of drug-likeness (QED) is 0.701. The van der Waals surface area contributed by atoms with Crippen LogP contribution in [0.3, 0.4) is 0 Å². The Morgan fingerprint density at radius 2 is 1.85 bits per heavy atom. The summed E-state index contributed by atoms with van der Waals surface area (Å²) in [6, 6.07) is 14.0. The van der Waals surface area contributed by atoms with Crippen molar-refractivity contribution in [2.45, 2.75) is 13.8 Å². The SMILES string of the molecule is CCN(CC)C(=O)c1ccc(NC(=O)c2ccc3ncccc3c2)cc1Cl. The maximum Gasteiger partial charge on any atom is 0.255 e. The molecule has 0 saturated carbocycles. The average Bonchev–Trinajstić information content (AvgIpc) is 2.68. The normalized spacial score (nSPS) is 10.6. The molecule has 6 heteroatoms. The molecule has 1 N–H and O–H groups in total. The van der Waals surface area contributed by atoms with Crippen LogP contribution in [0.1, 0.15) is 34.6 Å². The van der Waals surface area contributed by atoms with Crippen LogP contribution in [0.15, 0.2) is 54.7 Å². The number of hydrogen-bond donors (Lipinski definition) is 1. The van der Waals surface area contributed by atoms with Gasteiger partial charge in [0.05, 0.1) is 16.1 Å². The van der Waals surface area contributed by atoms with Gasteiger partial charge in [-0.2, -0.15) is 0 Å². The van der Waals surface area contributed by atoms with Gasteiger partial charge in [-0.15, -0.1) is 0 Å². The fourth-order valence-electron chi connectivity index (χ4n) is 2.87. The van der Waals surface area contributed by atoms with Crippen molar-refractivity contribution in [1.82, 2.24) is 9.88 Å². The monoisotopic (exact) mass is 381 g/mol. The first-order valence-electron chi connectivity index (χ1n) is 8.78. The van der Waals surface area contributed by atoms with Crippen molar-refractivity contribution >= 4 is 40.0 Å². The first-order valence-corrected chi connectivity index (χ1v) is 9.16. The molecule has 2 amide bonds. The summed E-state index contributed by atoms with van der Waals surface area (Å²) in [5, 5.41) is 4.02. The molecule has 0 atom stereocenters. The van der Waals surface area contributed by atoms with E-state index in [1.54, 1.807) is 41.4 Å². The average molecular weight is 382 g/mol. The molecule has 0 aliphatic rings. The van der Waals surface area contributed by atoms with Gasteiger partial charge >= 0.3 is 0 Å². The van der Waals surface area contributed by atoms with Crippen LogP contribution >= 0.6 is 11.6 Å². The number of halogens is 1. The summed E-state index contributed by atoms with van der Waals surface area (Å²) < 4.78 is 0. The number of rotatable bonds is 5. The molecular formula is C21H20ClN3O2. The zero-order valence-electron chi connectivity index (χ0n) is 15.2. The number of carbonyl (C=O) groups is 2. The summed E-state index contributed by atoms with van der Waals surface area (Å²) in [5.41, 5.74) is 2.31. The minimum Gasteiger partial charge on any atom is -0.339 e. The van der Waals surface area contributed by atoms with Crippen LogP contribution in [-0.2, 0) is 0 Å². The Bertz CT molecular complexity index is 1000. The van der Waals surface area contributed by atoms with Crippen molar-refractivity contribution in [3.8, 4) is 0 Å². The third-order valence-electron chi connectivity index (χ3n) is 4.37. The van der Waals surface area contributed by atoms with Crippen molar-refractivity contribution in [3.05, 3.63) is 70.9 Å². The summed E-state index contributed by atoms with van der Waals surface area (Å²) >= 11 is 6.28. The molecule has 138 valence electrons. The van der Waals surface area contributed by atoms with Crippen molar-refractivity contribution in [1.29, 1.82) is 0 Å². The Kier molecular flexibility index (Phi) is 5.72. The standard InChI is InChI=1S/C21H20ClN3O2/c1-3-25(4-2)21(27)17-9-8-16(13-18(17)22)24-20(26)15-7-10-19-14(12-15)6-5-11-23-19/h5-13H,3-4H2,1-2H3,(H,24,26). The lowest BCUT2D eigenvalue weighted by atomic mass is 10.1. The fourth-order valence-corrected chi connectivity index (χ4v) is 3.13. The maximum absolute atomic E-state index is 12.5. The van der Waals surface area contributed by atoms with E-state index >= 15 is 0 Å². The Hall–Kier alpha value is -2.92. The molecule has 0 fully saturated rings. The van der Waals surface area contributed by atoms with Crippen molar-refractivity contribution < 1.29 is 9.59 Å². The lowest BCUT2D eigenvalue weighted by Gasteiger charge is -2.19. The molecule has 1 aromatic heterocycles. The third-order valence-corrected chi connectivity index (χ3v) is 4.69. The Labute approximate surface area is 163 Å². The van der Waals surface area contributed by atoms with Gasteiger partial charge in [0, 0.05) is 35.9 Å². The number of nitrogens with one attached hydrogen (secondary N) is 1. The highest BCUT2D eigenvalue weighted by atomic mass is 35.5. The minimum absolute atomic E-state index is 0.120. The van der Waals surface area contributed by atoms with E-state index in [9.17, 15) is 9.59 Å². The number of nitrogens with zero attached hydrogens (tertiary/aromatic N) is 2. The molecule has 0 saturated heterocycles. The summed E-state index contributed by atoms with van der Waals surface area (Å²) in [4.78, 5) is 30.9. The van der Waals surface area contributed by atoms with Crippen LogP contribution in [-0.4, -0.2) is 34.8 Å². The van der Waals surface area contributed by atoms with E-state index in [0.29, 0.717) is 34.9 Å². The molecule has 3 rings (SSSR count). The largest absolute Gasteiger partial charge is 0.339 e. The maximum atomic E-state index is 12.5. The van der Waals surface area contributed by atoms with Crippen LogP contribution in [0.2, 0.25) is 5.02 Å². The summed E-state index contributed by atoms with van der Waals surface area (Å²) in [6.45, 7) is 5.06. The molecular weight excluding hydrogens is 362 g/mol. The lowest BCUT2D eigenvalue weighted by molar-refractivity contribution is 0.0773. The molecule has 0 aliphatic carbocycles. The van der Waals surface area contributed by atoms with Crippen molar-refractivity contribution in [2.75, 3.05) is 18.4 Å². The lowest BCUT2D eigenvalue weighted by Crippen LogP contribution is -2.30. The van der Waals surface area contributed by atoms with Gasteiger partial charge in [-0.05, 0) is 56.3 Å². The molecule has 0 unspecified atom stereocenters. The van der Waals surface area contributed by atoms with Gasteiger partial charge in [0.25, 0.3) is 11.8 Å². The van der Waals surface area contributed by atoms with Crippen LogP contribution in [0.5, 0.6) is 0 Å². The zero-order valence-corrected chi connectivity index (χ0v) is 16.0. The Morgan fingerprint density at radius 1 is 1.07 bits per heavy atom. The van der Waals surface area contributed by atoms with Gasteiger partial charge in [-0.25, -0.2) is 0 Å². The number of benzene rings is 2. The highest BCUT2D eigenvalue weighted by molar-refractivity contribution is 6.34. The van der Waals surface area contributed by atoms with Crippen molar-refractivity contribution in [3.63, 3.8) is 0 Å². The van der Waals surface area contributed by atoms with E-state index in [1.165, 1.54) is 0 Å². The number of hydrogen-bond acceptors (Lipinski definition) is 3. The topological polar surface area (TPSA) is 62.3 Å². The number of carbonyl (C=O) groups excluding carboxylic acids is 2. The van der Waals surface area contributed by atoms with Crippen LogP contribution in [0.25, 0.3) is 10.9 Å². The second-order valence-corrected chi connectivity index (χ2v) is 6.44. The van der Waals surface area contributed by atoms with Crippen LogP contribution in [0, 0.1) is 0 Å². The smallest absolute Gasteiger partial charge is 0.255 e. The molecule has 5 nitrogen and oxygen atoms in total. The zero-order chi connectivity index (χ0) is 19.4. The molecule has 2 aromatic carbocycles. The first-order chi connectivity index (χ1) is 13.0. The van der Waals surface area contributed by atoms with Gasteiger partial charge < -0.3 is 10.2 Å². The van der Waals surface area contributed by atoms with E-state index in [-0.39, 0.29) is 11.8 Å². The van der Waals surface area contributed by atoms with E-state index in [2.05, 4.69) is 10.3 Å². The van der Waals surface area contributed by atoms with E-state index in [1.807, 2.05) is 32.0 Å². The number of amides is 2. The molecule has 27 heavy (non-hydrogen) atoms. The number of fused-ring (bicyclic) bond motifs is 1. The molecule has 1 heterocycles.